The van der Waals surface area contributed by atoms with Gasteiger partial charge in [0.15, 0.2) is 0 Å². The molecule has 21 heavy (non-hydrogen) atoms. The number of carbonyl (C=O) groups is 1. The predicted octanol–water partition coefficient (Wildman–Crippen LogP) is 2.70. The summed E-state index contributed by atoms with van der Waals surface area (Å²) in [5, 5.41) is 24.0. The van der Waals surface area contributed by atoms with E-state index in [-0.39, 0.29) is 17.2 Å². The van der Waals surface area contributed by atoms with Crippen molar-refractivity contribution in [2.45, 2.75) is 19.4 Å². The van der Waals surface area contributed by atoms with Crippen molar-refractivity contribution in [3.63, 3.8) is 0 Å². The second-order valence-electron chi connectivity index (χ2n) is 4.91. The summed E-state index contributed by atoms with van der Waals surface area (Å²) >= 11 is 11.8. The molecule has 0 saturated heterocycles. The summed E-state index contributed by atoms with van der Waals surface area (Å²) in [6.45, 7) is 3.30. The molecule has 0 radical (unpaired) electrons. The summed E-state index contributed by atoms with van der Waals surface area (Å²) in [7, 11) is 0. The van der Waals surface area contributed by atoms with Crippen LogP contribution in [0.25, 0.3) is 0 Å². The van der Waals surface area contributed by atoms with Crippen LogP contribution in [0.2, 0.25) is 10.0 Å². The van der Waals surface area contributed by atoms with Crippen molar-refractivity contribution < 1.29 is 9.90 Å². The van der Waals surface area contributed by atoms with E-state index in [4.69, 9.17) is 33.6 Å². The number of nitrogens with one attached hydrogen (secondary N) is 2. The number of rotatable bonds is 5. The zero-order chi connectivity index (χ0) is 16.0. The van der Waals surface area contributed by atoms with E-state index in [1.54, 1.807) is 38.1 Å². The molecule has 112 valence electrons. The molecule has 7 heteroatoms. The first-order valence-electron chi connectivity index (χ1n) is 6.05. The van der Waals surface area contributed by atoms with Gasteiger partial charge in [0.1, 0.15) is 11.6 Å². The fourth-order valence-corrected chi connectivity index (χ4v) is 1.60. The average molecular weight is 328 g/mol. The summed E-state index contributed by atoms with van der Waals surface area (Å²) in [6.07, 6.45) is 1.25. The molecule has 0 aliphatic carbocycles. The molecule has 3 N–H and O–H groups in total. The minimum absolute atomic E-state index is 0.146. The highest BCUT2D eigenvalue weighted by Gasteiger charge is 2.16. The maximum atomic E-state index is 12.0. The van der Waals surface area contributed by atoms with Crippen LogP contribution in [-0.4, -0.2) is 23.2 Å². The van der Waals surface area contributed by atoms with Gasteiger partial charge in [0.25, 0.3) is 5.91 Å². The quantitative estimate of drug-likeness (QED) is 0.573. The third kappa shape index (κ3) is 4.94. The van der Waals surface area contributed by atoms with Crippen molar-refractivity contribution in [2.24, 2.45) is 0 Å². The lowest BCUT2D eigenvalue weighted by molar-refractivity contribution is -0.112. The Kier molecular flexibility index (Phi) is 6.03. The molecule has 0 saturated carbocycles. The Morgan fingerprint density at radius 2 is 2.14 bits per heavy atom. The number of nitrogens with zero attached hydrogens (tertiary/aromatic N) is 1. The number of aliphatic hydroxyl groups excluding tert-OH is 1. The fourth-order valence-electron chi connectivity index (χ4n) is 1.25. The van der Waals surface area contributed by atoms with E-state index in [9.17, 15) is 4.79 Å². The second-order valence-corrected chi connectivity index (χ2v) is 5.70. The third-order valence-electron chi connectivity index (χ3n) is 2.57. The molecular weight excluding hydrogens is 313 g/mol. The standard InChI is InChI=1S/C14H15Cl2N3O2/c1-14(2,8-20)18-7-9(6-17)13(21)19-11-5-3-4-10(15)12(11)16/h3-5,7,18,20H,8H2,1-2H3,(H,19,21)/b9-7-. The van der Waals surface area contributed by atoms with Gasteiger partial charge in [0.05, 0.1) is 27.9 Å². The van der Waals surface area contributed by atoms with E-state index < -0.39 is 11.4 Å². The first-order valence-corrected chi connectivity index (χ1v) is 6.80. The van der Waals surface area contributed by atoms with E-state index in [0.717, 1.165) is 0 Å². The summed E-state index contributed by atoms with van der Waals surface area (Å²) < 4.78 is 0. The summed E-state index contributed by atoms with van der Waals surface area (Å²) in [4.78, 5) is 12.0. The van der Waals surface area contributed by atoms with Crippen molar-refractivity contribution in [2.75, 3.05) is 11.9 Å². The van der Waals surface area contributed by atoms with Gasteiger partial charge in [-0.2, -0.15) is 5.26 Å². The normalized spacial score (nSPS) is 11.7. The average Bonchev–Trinajstić information content (AvgIpc) is 2.44. The lowest BCUT2D eigenvalue weighted by atomic mass is 10.1. The molecule has 1 rings (SSSR count). The van der Waals surface area contributed by atoms with Crippen LogP contribution in [0.5, 0.6) is 0 Å². The number of anilines is 1. The van der Waals surface area contributed by atoms with Crippen molar-refractivity contribution >= 4 is 34.8 Å². The van der Waals surface area contributed by atoms with E-state index >= 15 is 0 Å². The Bertz CT molecular complexity index is 607. The summed E-state index contributed by atoms with van der Waals surface area (Å²) in [5.41, 5.74) is -0.472. The van der Waals surface area contributed by atoms with Crippen LogP contribution in [0.3, 0.4) is 0 Å². The van der Waals surface area contributed by atoms with Gasteiger partial charge < -0.3 is 15.7 Å². The van der Waals surface area contributed by atoms with Crippen molar-refractivity contribution in [1.82, 2.24) is 5.32 Å². The molecule has 0 aromatic heterocycles. The monoisotopic (exact) mass is 327 g/mol. The molecule has 1 aromatic carbocycles. The molecule has 1 amide bonds. The number of hydrogen-bond acceptors (Lipinski definition) is 4. The van der Waals surface area contributed by atoms with Crippen LogP contribution in [0.4, 0.5) is 5.69 Å². The van der Waals surface area contributed by atoms with Gasteiger partial charge in [0, 0.05) is 6.20 Å². The maximum Gasteiger partial charge on any atom is 0.267 e. The molecule has 1 aromatic rings. The highest BCUT2D eigenvalue weighted by atomic mass is 35.5. The maximum absolute atomic E-state index is 12.0. The summed E-state index contributed by atoms with van der Waals surface area (Å²) in [6, 6.07) is 6.58. The van der Waals surface area contributed by atoms with Crippen LogP contribution < -0.4 is 10.6 Å². The summed E-state index contributed by atoms with van der Waals surface area (Å²) in [5.74, 6) is -0.622. The van der Waals surface area contributed by atoms with Crippen LogP contribution >= 0.6 is 23.2 Å². The zero-order valence-corrected chi connectivity index (χ0v) is 13.1. The Morgan fingerprint density at radius 1 is 1.48 bits per heavy atom. The molecule has 0 aliphatic rings. The number of aliphatic hydroxyl groups is 1. The van der Waals surface area contributed by atoms with Crippen LogP contribution in [0, 0.1) is 11.3 Å². The van der Waals surface area contributed by atoms with E-state index in [0.29, 0.717) is 10.7 Å². The lowest BCUT2D eigenvalue weighted by Gasteiger charge is -2.22. The number of benzene rings is 1. The Morgan fingerprint density at radius 3 is 2.71 bits per heavy atom. The Hall–Kier alpha value is -1.74. The van der Waals surface area contributed by atoms with Crippen LogP contribution in [0.15, 0.2) is 30.0 Å². The number of nitriles is 1. The van der Waals surface area contributed by atoms with Crippen LogP contribution in [-0.2, 0) is 4.79 Å². The van der Waals surface area contributed by atoms with Gasteiger partial charge >= 0.3 is 0 Å². The van der Waals surface area contributed by atoms with Crippen LogP contribution in [0.1, 0.15) is 13.8 Å². The molecular formula is C14H15Cl2N3O2. The molecule has 0 aliphatic heterocycles. The zero-order valence-electron chi connectivity index (χ0n) is 11.6. The molecule has 0 spiro atoms. The van der Waals surface area contributed by atoms with E-state index in [2.05, 4.69) is 10.6 Å². The molecule has 0 bridgehead atoms. The highest BCUT2D eigenvalue weighted by molar-refractivity contribution is 6.44. The highest BCUT2D eigenvalue weighted by Crippen LogP contribution is 2.29. The molecule has 0 fully saturated rings. The van der Waals surface area contributed by atoms with E-state index in [1.807, 2.05) is 0 Å². The van der Waals surface area contributed by atoms with Gasteiger partial charge in [-0.1, -0.05) is 29.3 Å². The topological polar surface area (TPSA) is 85.2 Å². The fraction of sp³-hybridized carbons (Fsp3) is 0.286. The van der Waals surface area contributed by atoms with Crippen molar-refractivity contribution in [3.8, 4) is 6.07 Å². The van der Waals surface area contributed by atoms with Gasteiger partial charge in [-0.3, -0.25) is 4.79 Å². The van der Waals surface area contributed by atoms with Crippen molar-refractivity contribution in [1.29, 1.82) is 5.26 Å². The largest absolute Gasteiger partial charge is 0.394 e. The number of carbonyl (C=O) groups excluding carboxylic acids is 1. The molecule has 5 nitrogen and oxygen atoms in total. The van der Waals surface area contributed by atoms with Crippen molar-refractivity contribution in [3.05, 3.63) is 40.0 Å². The van der Waals surface area contributed by atoms with Gasteiger partial charge in [-0.25, -0.2) is 0 Å². The SMILES string of the molecule is CC(C)(CO)N/C=C(/C#N)C(=O)Nc1cccc(Cl)c1Cl. The van der Waals surface area contributed by atoms with Gasteiger partial charge in [0.2, 0.25) is 0 Å². The Balaban J connectivity index is 2.88. The minimum atomic E-state index is -0.643. The smallest absolute Gasteiger partial charge is 0.267 e. The number of halogens is 2. The third-order valence-corrected chi connectivity index (χ3v) is 3.39. The first kappa shape index (κ1) is 17.3. The predicted molar refractivity (Wildman–Crippen MR) is 83.1 cm³/mol. The lowest BCUT2D eigenvalue weighted by Crippen LogP contribution is -2.39. The number of hydrogen-bond donors (Lipinski definition) is 3. The Labute approximate surface area is 133 Å². The second kappa shape index (κ2) is 7.32. The minimum Gasteiger partial charge on any atom is -0.394 e. The van der Waals surface area contributed by atoms with Gasteiger partial charge in [-0.05, 0) is 26.0 Å². The first-order chi connectivity index (χ1) is 9.80. The molecule has 0 atom stereocenters. The molecule has 0 heterocycles. The van der Waals surface area contributed by atoms with Gasteiger partial charge in [-0.15, -0.1) is 0 Å². The van der Waals surface area contributed by atoms with E-state index in [1.165, 1.54) is 6.20 Å². The number of amides is 1. The molecule has 0 unspecified atom stereocenters.